The van der Waals surface area contributed by atoms with Crippen LogP contribution in [0.15, 0.2) is 24.3 Å². The van der Waals surface area contributed by atoms with Crippen molar-refractivity contribution in [1.29, 1.82) is 0 Å². The molecule has 0 N–H and O–H groups in total. The number of amides is 1. The summed E-state index contributed by atoms with van der Waals surface area (Å²) in [7, 11) is 4.88. The Morgan fingerprint density at radius 1 is 1.15 bits per heavy atom. The SMILES string of the molecule is COc1cccc(C(=O)N2CCC(OC)(OC)CC2)c1. The third-order valence-corrected chi connectivity index (χ3v) is 3.87. The molecule has 0 radical (unpaired) electrons. The fraction of sp³-hybridized carbons (Fsp3) is 0.533. The minimum absolute atomic E-state index is 0.0182. The summed E-state index contributed by atoms with van der Waals surface area (Å²) < 4.78 is 16.0. The molecular weight excluding hydrogens is 258 g/mol. The highest BCUT2D eigenvalue weighted by Crippen LogP contribution is 2.27. The monoisotopic (exact) mass is 279 g/mol. The van der Waals surface area contributed by atoms with Crippen LogP contribution < -0.4 is 4.74 Å². The van der Waals surface area contributed by atoms with Gasteiger partial charge in [-0.3, -0.25) is 4.79 Å². The van der Waals surface area contributed by atoms with Gasteiger partial charge < -0.3 is 19.1 Å². The van der Waals surface area contributed by atoms with E-state index in [4.69, 9.17) is 14.2 Å². The molecule has 0 bridgehead atoms. The van der Waals surface area contributed by atoms with Crippen LogP contribution in [0.2, 0.25) is 0 Å². The normalized spacial score (nSPS) is 17.9. The number of rotatable bonds is 4. The van der Waals surface area contributed by atoms with Gasteiger partial charge in [-0.05, 0) is 18.2 Å². The number of benzene rings is 1. The predicted octanol–water partition coefficient (Wildman–Crippen LogP) is 1.92. The standard InChI is InChI=1S/C15H21NO4/c1-18-13-6-4-5-12(11-13)14(17)16-9-7-15(19-2,20-3)8-10-16/h4-6,11H,7-10H2,1-3H3. The average Bonchev–Trinajstić information content (AvgIpc) is 2.54. The van der Waals surface area contributed by atoms with Gasteiger partial charge in [0.25, 0.3) is 5.91 Å². The predicted molar refractivity (Wildman–Crippen MR) is 74.9 cm³/mol. The van der Waals surface area contributed by atoms with Crippen LogP contribution in [0, 0.1) is 0 Å². The Kier molecular flexibility index (Phi) is 4.62. The Balaban J connectivity index is 2.04. The molecule has 1 aliphatic heterocycles. The van der Waals surface area contributed by atoms with Crippen molar-refractivity contribution in [2.75, 3.05) is 34.4 Å². The smallest absolute Gasteiger partial charge is 0.253 e. The van der Waals surface area contributed by atoms with Crippen molar-refractivity contribution in [3.05, 3.63) is 29.8 Å². The molecule has 5 heteroatoms. The minimum atomic E-state index is -0.550. The van der Waals surface area contributed by atoms with Crippen molar-refractivity contribution >= 4 is 5.91 Å². The Bertz CT molecular complexity index is 461. The molecule has 0 unspecified atom stereocenters. The summed E-state index contributed by atoms with van der Waals surface area (Å²) >= 11 is 0. The van der Waals surface area contributed by atoms with E-state index in [1.54, 1.807) is 33.5 Å². The van der Waals surface area contributed by atoms with Gasteiger partial charge in [-0.15, -0.1) is 0 Å². The van der Waals surface area contributed by atoms with E-state index in [0.717, 1.165) is 0 Å². The summed E-state index contributed by atoms with van der Waals surface area (Å²) in [6, 6.07) is 7.22. The van der Waals surface area contributed by atoms with Gasteiger partial charge in [0, 0.05) is 45.7 Å². The number of hydrogen-bond acceptors (Lipinski definition) is 4. The van der Waals surface area contributed by atoms with Gasteiger partial charge in [-0.2, -0.15) is 0 Å². The molecular formula is C15H21NO4. The highest BCUT2D eigenvalue weighted by atomic mass is 16.7. The number of hydrogen-bond donors (Lipinski definition) is 0. The van der Waals surface area contributed by atoms with E-state index in [-0.39, 0.29) is 5.91 Å². The Hall–Kier alpha value is -1.59. The molecule has 0 aromatic heterocycles. The van der Waals surface area contributed by atoms with Crippen molar-refractivity contribution in [2.45, 2.75) is 18.6 Å². The first kappa shape index (κ1) is 14.8. The first-order valence-corrected chi connectivity index (χ1v) is 6.68. The highest BCUT2D eigenvalue weighted by molar-refractivity contribution is 5.94. The number of likely N-dealkylation sites (tertiary alicyclic amines) is 1. The van der Waals surface area contributed by atoms with E-state index < -0.39 is 5.79 Å². The number of methoxy groups -OCH3 is 3. The molecule has 1 heterocycles. The van der Waals surface area contributed by atoms with Gasteiger partial charge in [-0.25, -0.2) is 0 Å². The fourth-order valence-electron chi connectivity index (χ4n) is 2.48. The van der Waals surface area contributed by atoms with E-state index in [1.165, 1.54) is 0 Å². The number of carbonyl (C=O) groups excluding carboxylic acids is 1. The second kappa shape index (κ2) is 6.24. The Morgan fingerprint density at radius 3 is 2.35 bits per heavy atom. The van der Waals surface area contributed by atoms with E-state index in [1.807, 2.05) is 17.0 Å². The molecule has 1 fully saturated rings. The molecule has 1 saturated heterocycles. The van der Waals surface area contributed by atoms with Crippen molar-refractivity contribution in [3.63, 3.8) is 0 Å². The maximum Gasteiger partial charge on any atom is 0.253 e. The molecule has 5 nitrogen and oxygen atoms in total. The first-order valence-electron chi connectivity index (χ1n) is 6.68. The van der Waals surface area contributed by atoms with Crippen LogP contribution in [-0.2, 0) is 9.47 Å². The van der Waals surface area contributed by atoms with Crippen LogP contribution in [0.1, 0.15) is 23.2 Å². The summed E-state index contributed by atoms with van der Waals surface area (Å²) in [5.74, 6) is 0.159. The Labute approximate surface area is 119 Å². The topological polar surface area (TPSA) is 48.0 Å². The summed E-state index contributed by atoms with van der Waals surface area (Å²) in [6.07, 6.45) is 1.35. The summed E-state index contributed by atoms with van der Waals surface area (Å²) in [4.78, 5) is 14.3. The lowest BCUT2D eigenvalue weighted by atomic mass is 10.0. The van der Waals surface area contributed by atoms with Crippen molar-refractivity contribution in [1.82, 2.24) is 4.90 Å². The van der Waals surface area contributed by atoms with Crippen molar-refractivity contribution < 1.29 is 19.0 Å². The third-order valence-electron chi connectivity index (χ3n) is 3.87. The lowest BCUT2D eigenvalue weighted by Crippen LogP contribution is -2.48. The second-order valence-electron chi connectivity index (χ2n) is 4.84. The summed E-state index contributed by atoms with van der Waals surface area (Å²) in [6.45, 7) is 1.25. The van der Waals surface area contributed by atoms with Crippen LogP contribution in [-0.4, -0.2) is 51.0 Å². The molecule has 0 spiro atoms. The van der Waals surface area contributed by atoms with Crippen molar-refractivity contribution in [3.8, 4) is 5.75 Å². The molecule has 20 heavy (non-hydrogen) atoms. The molecule has 1 aromatic carbocycles. The maximum atomic E-state index is 12.4. The molecule has 0 aliphatic carbocycles. The van der Waals surface area contributed by atoms with Gasteiger partial charge in [0.05, 0.1) is 7.11 Å². The number of piperidine rings is 1. The molecule has 2 rings (SSSR count). The van der Waals surface area contributed by atoms with Gasteiger partial charge >= 0.3 is 0 Å². The van der Waals surface area contributed by atoms with E-state index in [2.05, 4.69) is 0 Å². The van der Waals surface area contributed by atoms with Crippen LogP contribution >= 0.6 is 0 Å². The Morgan fingerprint density at radius 2 is 1.80 bits per heavy atom. The number of nitrogens with zero attached hydrogens (tertiary/aromatic N) is 1. The van der Waals surface area contributed by atoms with Gasteiger partial charge in [0.15, 0.2) is 5.79 Å². The molecule has 110 valence electrons. The second-order valence-corrected chi connectivity index (χ2v) is 4.84. The molecule has 1 aromatic rings. The zero-order valence-electron chi connectivity index (χ0n) is 12.2. The largest absolute Gasteiger partial charge is 0.497 e. The van der Waals surface area contributed by atoms with Crippen molar-refractivity contribution in [2.24, 2.45) is 0 Å². The van der Waals surface area contributed by atoms with Crippen LogP contribution in [0.5, 0.6) is 5.75 Å². The zero-order valence-corrected chi connectivity index (χ0v) is 12.2. The zero-order chi connectivity index (χ0) is 14.6. The lowest BCUT2D eigenvalue weighted by molar-refractivity contribution is -0.226. The van der Waals surface area contributed by atoms with E-state index in [0.29, 0.717) is 37.2 Å². The van der Waals surface area contributed by atoms with Gasteiger partial charge in [0.2, 0.25) is 0 Å². The summed E-state index contributed by atoms with van der Waals surface area (Å²) in [5, 5.41) is 0. The fourth-order valence-corrected chi connectivity index (χ4v) is 2.48. The van der Waals surface area contributed by atoms with Crippen LogP contribution in [0.4, 0.5) is 0 Å². The van der Waals surface area contributed by atoms with Gasteiger partial charge in [-0.1, -0.05) is 6.07 Å². The quantitative estimate of drug-likeness (QED) is 0.790. The highest BCUT2D eigenvalue weighted by Gasteiger charge is 2.36. The molecule has 1 amide bonds. The van der Waals surface area contributed by atoms with E-state index >= 15 is 0 Å². The number of ether oxygens (including phenoxy) is 3. The average molecular weight is 279 g/mol. The maximum absolute atomic E-state index is 12.4. The lowest BCUT2D eigenvalue weighted by Gasteiger charge is -2.39. The third kappa shape index (κ3) is 2.94. The first-order chi connectivity index (χ1) is 9.64. The molecule has 0 saturated carbocycles. The number of carbonyl (C=O) groups is 1. The van der Waals surface area contributed by atoms with Gasteiger partial charge in [0.1, 0.15) is 5.75 Å². The summed E-state index contributed by atoms with van der Waals surface area (Å²) in [5.41, 5.74) is 0.645. The molecule has 1 aliphatic rings. The molecule has 0 atom stereocenters. The van der Waals surface area contributed by atoms with E-state index in [9.17, 15) is 4.79 Å². The minimum Gasteiger partial charge on any atom is -0.497 e. The van der Waals surface area contributed by atoms with Crippen LogP contribution in [0.25, 0.3) is 0 Å². The van der Waals surface area contributed by atoms with Crippen LogP contribution in [0.3, 0.4) is 0 Å².